The molecule has 5 rings (SSSR count). The van der Waals surface area contributed by atoms with Crippen molar-refractivity contribution < 1.29 is 54.6 Å². The Morgan fingerprint density at radius 3 is 2.38 bits per heavy atom. The third-order valence-corrected chi connectivity index (χ3v) is 8.01. The minimum Gasteiger partial charge on any atom is -0.480 e. The molecule has 3 heterocycles. The van der Waals surface area contributed by atoms with Crippen LogP contribution in [-0.2, 0) is 22.1 Å². The predicted octanol–water partition coefficient (Wildman–Crippen LogP) is 6.40. The highest BCUT2D eigenvalue weighted by atomic mass is 19.4. The molecule has 16 heteroatoms. The molecule has 2 aromatic carbocycles. The van der Waals surface area contributed by atoms with Gasteiger partial charge >= 0.3 is 18.3 Å². The molecule has 2 unspecified atom stereocenters. The van der Waals surface area contributed by atoms with Crippen LogP contribution in [0.25, 0.3) is 22.2 Å². The van der Waals surface area contributed by atoms with E-state index in [9.17, 15) is 41.0 Å². The molecule has 0 aliphatic carbocycles. The SMILES string of the molecule is Cc1cc(C(F)(F)F)c(-c2ccc(CC(NC(=O)c3c(F)cc(N4CCOCC4C(F)(F)F)cc3F)C(=O)O)c3cccnc23)nc1C. The number of pyridine rings is 2. The number of morpholine rings is 1. The van der Waals surface area contributed by atoms with E-state index in [1.54, 1.807) is 6.92 Å². The number of aromatic nitrogens is 2. The smallest absolute Gasteiger partial charge is 0.418 e. The normalized spacial score (nSPS) is 16.2. The van der Waals surface area contributed by atoms with Gasteiger partial charge in [-0.3, -0.25) is 14.8 Å². The quantitative estimate of drug-likeness (QED) is 0.218. The number of amides is 1. The van der Waals surface area contributed by atoms with Gasteiger partial charge in [0.15, 0.2) is 0 Å². The van der Waals surface area contributed by atoms with Crippen LogP contribution in [-0.4, -0.2) is 65.0 Å². The molecule has 0 bridgehead atoms. The predicted molar refractivity (Wildman–Crippen MR) is 156 cm³/mol. The highest BCUT2D eigenvalue weighted by molar-refractivity contribution is 5.98. The van der Waals surface area contributed by atoms with Crippen LogP contribution in [0.1, 0.15) is 32.7 Å². The number of anilines is 1. The number of carbonyl (C=O) groups is 2. The number of fused-ring (bicyclic) bond motifs is 1. The Morgan fingerprint density at radius 1 is 1.06 bits per heavy atom. The monoisotopic (exact) mass is 682 g/mol. The molecule has 0 radical (unpaired) electrons. The Bertz CT molecular complexity index is 1870. The van der Waals surface area contributed by atoms with Gasteiger partial charge in [0.2, 0.25) is 0 Å². The van der Waals surface area contributed by atoms with Crippen LogP contribution in [0.5, 0.6) is 0 Å². The van der Waals surface area contributed by atoms with E-state index in [2.05, 4.69) is 9.97 Å². The first-order valence-electron chi connectivity index (χ1n) is 14.3. The summed E-state index contributed by atoms with van der Waals surface area (Å²) in [5.41, 5.74) is -2.16. The van der Waals surface area contributed by atoms with Gasteiger partial charge in [0.1, 0.15) is 29.3 Å². The Balaban J connectivity index is 1.46. The molecule has 0 spiro atoms. The second kappa shape index (κ2) is 13.0. The van der Waals surface area contributed by atoms with Gasteiger partial charge in [-0.2, -0.15) is 26.3 Å². The average molecular weight is 683 g/mol. The van der Waals surface area contributed by atoms with E-state index < -0.39 is 83.5 Å². The molecule has 4 aromatic rings. The number of nitrogens with zero attached hydrogens (tertiary/aromatic N) is 3. The first kappa shape index (κ1) is 34.5. The van der Waals surface area contributed by atoms with Gasteiger partial charge in [-0.15, -0.1) is 0 Å². The maximum Gasteiger partial charge on any atom is 0.418 e. The number of aliphatic carboxylic acids is 1. The molecule has 2 aromatic heterocycles. The van der Waals surface area contributed by atoms with Crippen LogP contribution < -0.4 is 10.2 Å². The van der Waals surface area contributed by atoms with Crippen molar-refractivity contribution in [3.63, 3.8) is 0 Å². The van der Waals surface area contributed by atoms with Crippen LogP contribution in [0, 0.1) is 25.5 Å². The fourth-order valence-corrected chi connectivity index (χ4v) is 5.50. The van der Waals surface area contributed by atoms with Gasteiger partial charge in [-0.25, -0.2) is 13.6 Å². The molecule has 1 amide bonds. The summed E-state index contributed by atoms with van der Waals surface area (Å²) in [7, 11) is 0. The van der Waals surface area contributed by atoms with Crippen LogP contribution in [0.15, 0.2) is 48.7 Å². The van der Waals surface area contributed by atoms with E-state index in [1.165, 1.54) is 37.4 Å². The number of hydrogen-bond donors (Lipinski definition) is 2. The lowest BCUT2D eigenvalue weighted by atomic mass is 9.94. The minimum atomic E-state index is -4.79. The van der Waals surface area contributed by atoms with Crippen molar-refractivity contribution in [2.45, 2.75) is 44.7 Å². The molecule has 48 heavy (non-hydrogen) atoms. The first-order valence-corrected chi connectivity index (χ1v) is 14.3. The fourth-order valence-electron chi connectivity index (χ4n) is 5.50. The third-order valence-electron chi connectivity index (χ3n) is 8.01. The van der Waals surface area contributed by atoms with E-state index in [1.807, 2.05) is 5.32 Å². The van der Waals surface area contributed by atoms with E-state index in [4.69, 9.17) is 4.74 Å². The number of ether oxygens (including phenoxy) is 1. The number of rotatable bonds is 7. The lowest BCUT2D eigenvalue weighted by molar-refractivity contribution is -0.167. The lowest BCUT2D eigenvalue weighted by Crippen LogP contribution is -2.53. The Labute approximate surface area is 267 Å². The van der Waals surface area contributed by atoms with Crippen molar-refractivity contribution in [3.05, 3.63) is 88.2 Å². The van der Waals surface area contributed by atoms with E-state index >= 15 is 8.78 Å². The molecule has 1 saturated heterocycles. The third kappa shape index (κ3) is 6.88. The van der Waals surface area contributed by atoms with E-state index in [0.29, 0.717) is 28.3 Å². The van der Waals surface area contributed by atoms with Crippen molar-refractivity contribution in [2.75, 3.05) is 24.7 Å². The number of alkyl halides is 6. The topological polar surface area (TPSA) is 105 Å². The Morgan fingerprint density at radius 2 is 1.75 bits per heavy atom. The summed E-state index contributed by atoms with van der Waals surface area (Å²) in [5, 5.41) is 12.2. The Hall–Kier alpha value is -4.86. The largest absolute Gasteiger partial charge is 0.480 e. The zero-order chi connectivity index (χ0) is 35.1. The summed E-state index contributed by atoms with van der Waals surface area (Å²) in [6.45, 7) is 1.78. The molecule has 1 fully saturated rings. The van der Waals surface area contributed by atoms with Crippen molar-refractivity contribution in [2.24, 2.45) is 0 Å². The van der Waals surface area contributed by atoms with Gasteiger partial charge in [-0.1, -0.05) is 18.2 Å². The van der Waals surface area contributed by atoms with Crippen molar-refractivity contribution in [1.29, 1.82) is 0 Å². The van der Waals surface area contributed by atoms with Crippen molar-refractivity contribution in [1.82, 2.24) is 15.3 Å². The summed E-state index contributed by atoms with van der Waals surface area (Å²) < 4.78 is 118. The summed E-state index contributed by atoms with van der Waals surface area (Å²) in [4.78, 5) is 34.3. The van der Waals surface area contributed by atoms with Gasteiger partial charge in [-0.05, 0) is 49.2 Å². The molecule has 1 aliphatic heterocycles. The standard InChI is InChI=1S/C32H26F8N4O4/c1-15-10-21(31(35,36)37)28(42-16(15)2)20-6-5-17(19-4-3-7-41-27(19)20)11-24(30(46)47)43-29(45)26-22(33)12-18(13-23(26)34)44-8-9-48-14-25(44)32(38,39)40/h3-7,10,12-13,24-25H,8-9,11,14H2,1-2H3,(H,43,45)(H,46,47). The molecule has 2 N–H and O–H groups in total. The molecule has 0 saturated carbocycles. The molecule has 8 nitrogen and oxygen atoms in total. The van der Waals surface area contributed by atoms with Gasteiger partial charge < -0.3 is 20.1 Å². The van der Waals surface area contributed by atoms with Crippen molar-refractivity contribution in [3.8, 4) is 11.3 Å². The van der Waals surface area contributed by atoms with Gasteiger partial charge in [0.05, 0.1) is 30.0 Å². The number of nitrogens with one attached hydrogen (secondary N) is 1. The fraction of sp³-hybridized carbons (Fsp3) is 0.312. The number of carboxylic acid groups (broad SMARTS) is 1. The molecular weight excluding hydrogens is 656 g/mol. The maximum absolute atomic E-state index is 15.1. The number of hydrogen-bond acceptors (Lipinski definition) is 6. The van der Waals surface area contributed by atoms with Crippen LogP contribution in [0.2, 0.25) is 0 Å². The van der Waals surface area contributed by atoms with Gasteiger partial charge in [0, 0.05) is 41.5 Å². The van der Waals surface area contributed by atoms with Crippen LogP contribution in [0.4, 0.5) is 40.8 Å². The van der Waals surface area contributed by atoms with Crippen LogP contribution >= 0.6 is 0 Å². The number of carbonyl (C=O) groups excluding carboxylic acids is 1. The number of carboxylic acids is 1. The summed E-state index contributed by atoms with van der Waals surface area (Å²) in [6, 6.07) is 3.64. The second-order valence-electron chi connectivity index (χ2n) is 11.1. The zero-order valence-electron chi connectivity index (χ0n) is 25.1. The highest BCUT2D eigenvalue weighted by Crippen LogP contribution is 2.40. The van der Waals surface area contributed by atoms with Crippen LogP contribution in [0.3, 0.4) is 0 Å². The molecule has 254 valence electrons. The Kier molecular flexibility index (Phi) is 9.32. The first-order chi connectivity index (χ1) is 22.5. The van der Waals surface area contributed by atoms with Crippen molar-refractivity contribution >= 4 is 28.5 Å². The number of benzene rings is 2. The summed E-state index contributed by atoms with van der Waals surface area (Å²) >= 11 is 0. The lowest BCUT2D eigenvalue weighted by Gasteiger charge is -2.38. The highest BCUT2D eigenvalue weighted by Gasteiger charge is 2.46. The second-order valence-corrected chi connectivity index (χ2v) is 11.1. The summed E-state index contributed by atoms with van der Waals surface area (Å²) in [5.74, 6) is -6.16. The minimum absolute atomic E-state index is 0.0120. The summed E-state index contributed by atoms with van der Waals surface area (Å²) in [6.07, 6.45) is -8.71. The zero-order valence-corrected chi connectivity index (χ0v) is 25.1. The molecular formula is C32H26F8N4O4. The van der Waals surface area contributed by atoms with E-state index in [-0.39, 0.29) is 35.2 Å². The average Bonchev–Trinajstić information content (AvgIpc) is 3.00. The molecule has 1 aliphatic rings. The number of halogens is 8. The molecule has 2 atom stereocenters. The van der Waals surface area contributed by atoms with Gasteiger partial charge in [0.25, 0.3) is 5.91 Å². The maximum atomic E-state index is 15.1. The number of aryl methyl sites for hydroxylation is 2. The van der Waals surface area contributed by atoms with E-state index in [0.717, 1.165) is 6.07 Å².